The van der Waals surface area contributed by atoms with E-state index in [1.54, 1.807) is 49.5 Å². The standard InChI is InChI=1S/C11H16N2O2S2/c1-9-5-7-10(8-6-9)17(14,15)12-11(16-4)13(2)3/h5-8H,1-4H3/b12-11-. The van der Waals surface area contributed by atoms with Gasteiger partial charge in [-0.05, 0) is 25.3 Å². The Labute approximate surface area is 107 Å². The van der Waals surface area contributed by atoms with Gasteiger partial charge >= 0.3 is 0 Å². The maximum absolute atomic E-state index is 12.0. The molecule has 0 fully saturated rings. The maximum atomic E-state index is 12.0. The Morgan fingerprint density at radius 2 is 1.76 bits per heavy atom. The highest BCUT2D eigenvalue weighted by Crippen LogP contribution is 2.15. The van der Waals surface area contributed by atoms with Crippen molar-refractivity contribution in [3.63, 3.8) is 0 Å². The molecular formula is C11H16N2O2S2. The molecule has 0 amide bonds. The summed E-state index contributed by atoms with van der Waals surface area (Å²) >= 11 is 1.30. The van der Waals surface area contributed by atoms with Crippen molar-refractivity contribution >= 4 is 27.0 Å². The minimum Gasteiger partial charge on any atom is -0.357 e. The third-order valence-electron chi connectivity index (χ3n) is 2.08. The zero-order valence-corrected chi connectivity index (χ0v) is 12.0. The lowest BCUT2D eigenvalue weighted by atomic mass is 10.2. The molecule has 94 valence electrons. The molecule has 0 aliphatic rings. The molecule has 0 bridgehead atoms. The Morgan fingerprint density at radius 3 is 2.18 bits per heavy atom. The molecule has 6 heteroatoms. The number of hydrogen-bond donors (Lipinski definition) is 0. The fraction of sp³-hybridized carbons (Fsp3) is 0.364. The average Bonchev–Trinajstić information content (AvgIpc) is 2.26. The van der Waals surface area contributed by atoms with Gasteiger partial charge in [0.25, 0.3) is 10.0 Å². The first-order valence-corrected chi connectivity index (χ1v) is 7.66. The summed E-state index contributed by atoms with van der Waals surface area (Å²) in [6, 6.07) is 6.66. The second kappa shape index (κ2) is 5.55. The van der Waals surface area contributed by atoms with E-state index in [9.17, 15) is 8.42 Å². The van der Waals surface area contributed by atoms with Gasteiger partial charge in [-0.1, -0.05) is 29.5 Å². The van der Waals surface area contributed by atoms with E-state index in [1.807, 2.05) is 6.92 Å². The fourth-order valence-electron chi connectivity index (χ4n) is 1.17. The van der Waals surface area contributed by atoms with Gasteiger partial charge in [0.1, 0.15) is 0 Å². The molecule has 0 aliphatic carbocycles. The van der Waals surface area contributed by atoms with Gasteiger partial charge in [0, 0.05) is 14.1 Å². The van der Waals surface area contributed by atoms with E-state index in [1.165, 1.54) is 11.8 Å². The van der Waals surface area contributed by atoms with Crippen molar-refractivity contribution < 1.29 is 8.42 Å². The van der Waals surface area contributed by atoms with Crippen molar-refractivity contribution in [3.05, 3.63) is 29.8 Å². The van der Waals surface area contributed by atoms with Gasteiger partial charge in [0.05, 0.1) is 4.90 Å². The maximum Gasteiger partial charge on any atom is 0.284 e. The normalized spacial score (nSPS) is 12.6. The van der Waals surface area contributed by atoms with Crippen LogP contribution in [0.2, 0.25) is 0 Å². The zero-order valence-electron chi connectivity index (χ0n) is 10.3. The molecular weight excluding hydrogens is 256 g/mol. The first-order valence-electron chi connectivity index (χ1n) is 5.00. The van der Waals surface area contributed by atoms with Crippen LogP contribution in [0.3, 0.4) is 0 Å². The van der Waals surface area contributed by atoms with E-state index >= 15 is 0 Å². The van der Waals surface area contributed by atoms with Crippen LogP contribution in [0.1, 0.15) is 5.56 Å². The molecule has 1 aromatic rings. The van der Waals surface area contributed by atoms with Crippen LogP contribution in [0.5, 0.6) is 0 Å². The number of rotatable bonds is 2. The second-order valence-electron chi connectivity index (χ2n) is 3.76. The minimum absolute atomic E-state index is 0.219. The van der Waals surface area contributed by atoms with Crippen molar-refractivity contribution in [2.45, 2.75) is 11.8 Å². The summed E-state index contributed by atoms with van der Waals surface area (Å²) in [5.41, 5.74) is 1.02. The molecule has 0 N–H and O–H groups in total. The number of hydrogen-bond acceptors (Lipinski definition) is 3. The summed E-state index contributed by atoms with van der Waals surface area (Å²) in [6.07, 6.45) is 1.80. The van der Waals surface area contributed by atoms with E-state index in [-0.39, 0.29) is 4.90 Å². The number of aryl methyl sites for hydroxylation is 1. The Hall–Kier alpha value is -1.01. The molecule has 0 saturated carbocycles. The Balaban J connectivity index is 3.16. The number of amidine groups is 1. The van der Waals surface area contributed by atoms with Crippen LogP contribution >= 0.6 is 11.8 Å². The fourth-order valence-corrected chi connectivity index (χ4v) is 3.08. The summed E-state index contributed by atoms with van der Waals surface area (Å²) in [6.45, 7) is 1.91. The molecule has 0 atom stereocenters. The second-order valence-corrected chi connectivity index (χ2v) is 6.14. The lowest BCUT2D eigenvalue weighted by Crippen LogP contribution is -2.19. The predicted octanol–water partition coefficient (Wildman–Crippen LogP) is 1.96. The summed E-state index contributed by atoms with van der Waals surface area (Å²) in [5, 5.41) is 0.463. The molecule has 4 nitrogen and oxygen atoms in total. The van der Waals surface area contributed by atoms with Gasteiger partial charge < -0.3 is 4.90 Å². The first kappa shape index (κ1) is 14.1. The Morgan fingerprint density at radius 1 is 1.24 bits per heavy atom. The summed E-state index contributed by atoms with van der Waals surface area (Å²) in [7, 11) is -0.0801. The third-order valence-corrected chi connectivity index (χ3v) is 4.30. The van der Waals surface area contributed by atoms with Crippen LogP contribution in [0.4, 0.5) is 0 Å². The van der Waals surface area contributed by atoms with Gasteiger partial charge in [0.15, 0.2) is 5.17 Å². The van der Waals surface area contributed by atoms with Gasteiger partial charge in [-0.15, -0.1) is 4.40 Å². The molecule has 0 aliphatic heterocycles. The molecule has 1 rings (SSSR count). The summed E-state index contributed by atoms with van der Waals surface area (Å²) in [5.74, 6) is 0. The van der Waals surface area contributed by atoms with Crippen molar-refractivity contribution in [2.24, 2.45) is 4.40 Å². The van der Waals surface area contributed by atoms with Crippen molar-refractivity contribution in [1.82, 2.24) is 4.90 Å². The van der Waals surface area contributed by atoms with Crippen LogP contribution in [-0.2, 0) is 10.0 Å². The van der Waals surface area contributed by atoms with Crippen LogP contribution in [-0.4, -0.2) is 38.8 Å². The third kappa shape index (κ3) is 3.74. The lowest BCUT2D eigenvalue weighted by molar-refractivity contribution is 0.594. The van der Waals surface area contributed by atoms with E-state index in [0.29, 0.717) is 5.17 Å². The molecule has 1 aromatic carbocycles. The molecule has 17 heavy (non-hydrogen) atoms. The molecule has 0 heterocycles. The van der Waals surface area contributed by atoms with E-state index in [4.69, 9.17) is 0 Å². The highest BCUT2D eigenvalue weighted by atomic mass is 32.2. The van der Waals surface area contributed by atoms with Gasteiger partial charge in [-0.3, -0.25) is 0 Å². The quantitative estimate of drug-likeness (QED) is 0.610. The van der Waals surface area contributed by atoms with Crippen LogP contribution < -0.4 is 0 Å². The van der Waals surface area contributed by atoms with Gasteiger partial charge in [-0.25, -0.2) is 0 Å². The SMILES string of the molecule is CS/C(=N\S(=O)(=O)c1ccc(C)cc1)N(C)C. The minimum atomic E-state index is -3.61. The van der Waals surface area contributed by atoms with Crippen molar-refractivity contribution in [1.29, 1.82) is 0 Å². The first-order chi connectivity index (χ1) is 7.86. The van der Waals surface area contributed by atoms with E-state index < -0.39 is 10.0 Å². The lowest BCUT2D eigenvalue weighted by Gasteiger charge is -2.12. The highest BCUT2D eigenvalue weighted by molar-refractivity contribution is 8.13. The largest absolute Gasteiger partial charge is 0.357 e. The number of thioether (sulfide) groups is 1. The summed E-state index contributed by atoms with van der Waals surface area (Å²) in [4.78, 5) is 1.90. The smallest absolute Gasteiger partial charge is 0.284 e. The number of nitrogens with zero attached hydrogens (tertiary/aromatic N) is 2. The molecule has 0 spiro atoms. The topological polar surface area (TPSA) is 49.7 Å². The van der Waals surface area contributed by atoms with Crippen LogP contribution in [0.15, 0.2) is 33.6 Å². The monoisotopic (exact) mass is 272 g/mol. The zero-order chi connectivity index (χ0) is 13.1. The van der Waals surface area contributed by atoms with Gasteiger partial charge in [-0.2, -0.15) is 8.42 Å². The van der Waals surface area contributed by atoms with Crippen molar-refractivity contribution in [3.8, 4) is 0 Å². The van der Waals surface area contributed by atoms with Crippen molar-refractivity contribution in [2.75, 3.05) is 20.4 Å². The van der Waals surface area contributed by atoms with E-state index in [0.717, 1.165) is 5.56 Å². The average molecular weight is 272 g/mol. The predicted molar refractivity (Wildman–Crippen MR) is 73.0 cm³/mol. The van der Waals surface area contributed by atoms with E-state index in [2.05, 4.69) is 4.40 Å². The molecule has 0 aromatic heterocycles. The van der Waals surface area contributed by atoms with Gasteiger partial charge in [0.2, 0.25) is 0 Å². The Kier molecular flexibility index (Phi) is 4.59. The number of benzene rings is 1. The Bertz CT molecular complexity index is 505. The van der Waals surface area contributed by atoms with Crippen LogP contribution in [0, 0.1) is 6.92 Å². The molecule has 0 radical (unpaired) electrons. The summed E-state index contributed by atoms with van der Waals surface area (Å²) < 4.78 is 27.8. The van der Waals surface area contributed by atoms with Crippen LogP contribution in [0.25, 0.3) is 0 Å². The molecule has 0 unspecified atom stereocenters. The highest BCUT2D eigenvalue weighted by Gasteiger charge is 2.14. The molecule has 0 saturated heterocycles. The number of sulfonamides is 1.